The summed E-state index contributed by atoms with van der Waals surface area (Å²) in [6, 6.07) is 3.22. The molecule has 8 heteroatoms. The Bertz CT molecular complexity index is 601. The average molecular weight is 292 g/mol. The fraction of sp³-hybridized carbons (Fsp3) is 0.167. The molecule has 0 radical (unpaired) electrons. The highest BCUT2D eigenvalue weighted by molar-refractivity contribution is 5.55. The van der Waals surface area contributed by atoms with Gasteiger partial charge in [-0.3, -0.25) is 9.97 Å². The zero-order valence-electron chi connectivity index (χ0n) is 9.63. The number of rotatable bonds is 1. The molecule has 2 heterocycles. The van der Waals surface area contributed by atoms with Crippen LogP contribution in [-0.2, 0) is 12.4 Å². The molecule has 0 saturated heterocycles. The van der Waals surface area contributed by atoms with Crippen LogP contribution >= 0.6 is 0 Å². The maximum absolute atomic E-state index is 12.5. The highest BCUT2D eigenvalue weighted by Gasteiger charge is 2.32. The molecular formula is C12H6F6N2. The van der Waals surface area contributed by atoms with Gasteiger partial charge in [-0.1, -0.05) is 0 Å². The van der Waals surface area contributed by atoms with Gasteiger partial charge in [0, 0.05) is 12.4 Å². The summed E-state index contributed by atoms with van der Waals surface area (Å²) in [7, 11) is 0. The Hall–Kier alpha value is -2.12. The molecule has 0 amide bonds. The van der Waals surface area contributed by atoms with E-state index in [4.69, 9.17) is 0 Å². The number of hydrogen-bond acceptors (Lipinski definition) is 2. The summed E-state index contributed by atoms with van der Waals surface area (Å²) in [5.74, 6) is 0. The third kappa shape index (κ3) is 3.06. The molecule has 0 N–H and O–H groups in total. The zero-order chi connectivity index (χ0) is 15.0. The highest BCUT2D eigenvalue weighted by Crippen LogP contribution is 2.32. The van der Waals surface area contributed by atoms with E-state index in [0.29, 0.717) is 6.20 Å². The number of nitrogens with zero attached hydrogens (tertiary/aromatic N) is 2. The first-order valence-corrected chi connectivity index (χ1v) is 5.25. The Kier molecular flexibility index (Phi) is 3.41. The van der Waals surface area contributed by atoms with E-state index in [2.05, 4.69) is 9.97 Å². The maximum atomic E-state index is 12.5. The van der Waals surface area contributed by atoms with Crippen molar-refractivity contribution in [3.8, 4) is 11.4 Å². The van der Waals surface area contributed by atoms with Crippen LogP contribution in [0.3, 0.4) is 0 Å². The highest BCUT2D eigenvalue weighted by atomic mass is 19.4. The van der Waals surface area contributed by atoms with Crippen LogP contribution in [0.25, 0.3) is 11.4 Å². The monoisotopic (exact) mass is 292 g/mol. The second kappa shape index (κ2) is 4.77. The van der Waals surface area contributed by atoms with Crippen molar-refractivity contribution < 1.29 is 26.3 Å². The van der Waals surface area contributed by atoms with Gasteiger partial charge < -0.3 is 0 Å². The van der Waals surface area contributed by atoms with Gasteiger partial charge in [0.05, 0.1) is 22.5 Å². The lowest BCUT2D eigenvalue weighted by molar-refractivity contribution is -0.138. The molecule has 0 unspecified atom stereocenters. The second-order valence-electron chi connectivity index (χ2n) is 3.86. The molecule has 0 aliphatic rings. The molecule has 2 rings (SSSR count). The minimum absolute atomic E-state index is 0.0656. The van der Waals surface area contributed by atoms with Crippen LogP contribution in [0.15, 0.2) is 36.7 Å². The first-order chi connectivity index (χ1) is 9.18. The molecule has 2 aromatic rings. The van der Waals surface area contributed by atoms with E-state index in [1.807, 2.05) is 0 Å². The third-order valence-corrected chi connectivity index (χ3v) is 2.44. The Balaban J connectivity index is 2.38. The van der Waals surface area contributed by atoms with Crippen LogP contribution in [0.1, 0.15) is 11.1 Å². The van der Waals surface area contributed by atoms with Gasteiger partial charge in [-0.15, -0.1) is 0 Å². The van der Waals surface area contributed by atoms with Gasteiger partial charge in [-0.05, 0) is 24.3 Å². The van der Waals surface area contributed by atoms with E-state index >= 15 is 0 Å². The summed E-state index contributed by atoms with van der Waals surface area (Å²) < 4.78 is 74.5. The molecular weight excluding hydrogens is 286 g/mol. The van der Waals surface area contributed by atoms with Crippen LogP contribution in [0.4, 0.5) is 26.3 Å². The Morgan fingerprint density at radius 2 is 1.35 bits per heavy atom. The molecule has 0 bridgehead atoms. The summed E-state index contributed by atoms with van der Waals surface area (Å²) >= 11 is 0. The molecule has 0 spiro atoms. The van der Waals surface area contributed by atoms with Crippen LogP contribution in [0.5, 0.6) is 0 Å². The molecule has 0 saturated carbocycles. The van der Waals surface area contributed by atoms with Gasteiger partial charge in [-0.25, -0.2) is 0 Å². The standard InChI is InChI=1S/C12H6F6N2/c13-11(14,15)7-3-4-19-10(5-7)9-2-1-8(6-20-9)12(16,17)18/h1-6H. The largest absolute Gasteiger partial charge is 0.417 e. The van der Waals surface area contributed by atoms with Gasteiger partial charge in [0.25, 0.3) is 0 Å². The Labute approximate surface area is 109 Å². The quantitative estimate of drug-likeness (QED) is 0.737. The smallest absolute Gasteiger partial charge is 0.255 e. The van der Waals surface area contributed by atoms with Crippen LogP contribution in [0, 0.1) is 0 Å². The van der Waals surface area contributed by atoms with Crippen LogP contribution < -0.4 is 0 Å². The average Bonchev–Trinajstić information content (AvgIpc) is 2.37. The second-order valence-corrected chi connectivity index (χ2v) is 3.86. The summed E-state index contributed by atoms with van der Waals surface area (Å²) in [6.45, 7) is 0. The van der Waals surface area contributed by atoms with Crippen molar-refractivity contribution in [2.45, 2.75) is 12.4 Å². The van der Waals surface area contributed by atoms with Crippen molar-refractivity contribution in [1.82, 2.24) is 9.97 Å². The lowest BCUT2D eigenvalue weighted by atomic mass is 10.1. The fourth-order valence-electron chi connectivity index (χ4n) is 1.46. The fourth-order valence-corrected chi connectivity index (χ4v) is 1.46. The van der Waals surface area contributed by atoms with Crippen LogP contribution in [-0.4, -0.2) is 9.97 Å². The van der Waals surface area contributed by atoms with E-state index in [1.165, 1.54) is 0 Å². The molecule has 106 valence electrons. The molecule has 0 aromatic carbocycles. The lowest BCUT2D eigenvalue weighted by Crippen LogP contribution is -2.06. The van der Waals surface area contributed by atoms with E-state index in [1.54, 1.807) is 0 Å². The SMILES string of the molecule is FC(F)(F)c1ccc(-c2cc(C(F)(F)F)ccn2)nc1. The topological polar surface area (TPSA) is 25.8 Å². The summed E-state index contributed by atoms with van der Waals surface area (Å²) in [6.07, 6.45) is -7.62. The van der Waals surface area contributed by atoms with Gasteiger partial charge >= 0.3 is 12.4 Å². The number of pyridine rings is 2. The van der Waals surface area contributed by atoms with E-state index in [0.717, 1.165) is 30.5 Å². The molecule has 20 heavy (non-hydrogen) atoms. The van der Waals surface area contributed by atoms with Crippen molar-refractivity contribution in [3.05, 3.63) is 47.8 Å². The van der Waals surface area contributed by atoms with Crippen molar-refractivity contribution in [3.63, 3.8) is 0 Å². The summed E-state index contributed by atoms with van der Waals surface area (Å²) in [5, 5.41) is 0. The van der Waals surface area contributed by atoms with Gasteiger partial charge in [-0.2, -0.15) is 26.3 Å². The van der Waals surface area contributed by atoms with Crippen molar-refractivity contribution >= 4 is 0 Å². The zero-order valence-corrected chi connectivity index (χ0v) is 9.63. The first kappa shape index (κ1) is 14.3. The number of halogens is 6. The number of alkyl halides is 6. The molecule has 0 aliphatic heterocycles. The molecule has 0 aliphatic carbocycles. The Morgan fingerprint density at radius 1 is 0.700 bits per heavy atom. The van der Waals surface area contributed by atoms with Crippen LogP contribution in [0.2, 0.25) is 0 Å². The third-order valence-electron chi connectivity index (χ3n) is 2.44. The van der Waals surface area contributed by atoms with E-state index in [-0.39, 0.29) is 11.4 Å². The predicted molar refractivity (Wildman–Crippen MR) is 57.5 cm³/mol. The minimum atomic E-state index is -4.55. The molecule has 0 fully saturated rings. The number of aromatic nitrogens is 2. The minimum Gasteiger partial charge on any atom is -0.255 e. The summed E-state index contributed by atoms with van der Waals surface area (Å²) in [5.41, 5.74) is -2.13. The van der Waals surface area contributed by atoms with E-state index < -0.39 is 23.5 Å². The first-order valence-electron chi connectivity index (χ1n) is 5.25. The predicted octanol–water partition coefficient (Wildman–Crippen LogP) is 4.18. The molecule has 2 aromatic heterocycles. The van der Waals surface area contributed by atoms with Gasteiger partial charge in [0.2, 0.25) is 0 Å². The van der Waals surface area contributed by atoms with Gasteiger partial charge in [0.1, 0.15) is 0 Å². The maximum Gasteiger partial charge on any atom is 0.417 e. The molecule has 0 atom stereocenters. The molecule has 2 nitrogen and oxygen atoms in total. The normalized spacial score (nSPS) is 12.5. The van der Waals surface area contributed by atoms with Crippen molar-refractivity contribution in [2.24, 2.45) is 0 Å². The van der Waals surface area contributed by atoms with Gasteiger partial charge in [0.15, 0.2) is 0 Å². The van der Waals surface area contributed by atoms with E-state index in [9.17, 15) is 26.3 Å². The van der Waals surface area contributed by atoms with Crippen molar-refractivity contribution in [1.29, 1.82) is 0 Å². The Morgan fingerprint density at radius 3 is 1.85 bits per heavy atom. The lowest BCUT2D eigenvalue weighted by Gasteiger charge is -2.09. The van der Waals surface area contributed by atoms with Crippen molar-refractivity contribution in [2.75, 3.05) is 0 Å². The summed E-state index contributed by atoms with van der Waals surface area (Å²) in [4.78, 5) is 7.16. The number of hydrogen-bond donors (Lipinski definition) is 0.